The Morgan fingerprint density at radius 2 is 2.07 bits per heavy atom. The summed E-state index contributed by atoms with van der Waals surface area (Å²) in [6, 6.07) is 4.77. The number of nitro benzene ring substituents is 1. The molecule has 0 saturated carbocycles. The predicted octanol–water partition coefficient (Wildman–Crippen LogP) is 1.99. The Morgan fingerprint density at radius 1 is 1.36 bits per heavy atom. The first-order chi connectivity index (χ1) is 13.3. The van der Waals surface area contributed by atoms with Gasteiger partial charge >= 0.3 is 5.97 Å². The molecule has 0 unspecified atom stereocenters. The Balaban J connectivity index is 1.90. The minimum absolute atomic E-state index is 0.0272. The van der Waals surface area contributed by atoms with Crippen molar-refractivity contribution in [2.75, 3.05) is 38.1 Å². The molecule has 28 heavy (non-hydrogen) atoms. The number of benzene rings is 1. The number of carbonyl (C=O) groups is 1. The maximum absolute atomic E-state index is 11.6. The van der Waals surface area contributed by atoms with Gasteiger partial charge in [0.1, 0.15) is 16.4 Å². The quantitative estimate of drug-likeness (QED) is 0.321. The van der Waals surface area contributed by atoms with Gasteiger partial charge in [-0.3, -0.25) is 15.2 Å². The molecule has 0 radical (unpaired) electrons. The van der Waals surface area contributed by atoms with E-state index in [0.717, 1.165) is 24.9 Å². The van der Waals surface area contributed by atoms with Gasteiger partial charge in [0.2, 0.25) is 5.16 Å². The van der Waals surface area contributed by atoms with Crippen molar-refractivity contribution in [3.05, 3.63) is 44.6 Å². The summed E-state index contributed by atoms with van der Waals surface area (Å²) in [6.07, 6.45) is 1.39. The third kappa shape index (κ3) is 4.67. The van der Waals surface area contributed by atoms with E-state index in [0.29, 0.717) is 30.2 Å². The molecule has 10 nitrogen and oxygen atoms in total. The van der Waals surface area contributed by atoms with Gasteiger partial charge in [-0.15, -0.1) is 5.10 Å². The number of thioether (sulfide) groups is 1. The molecule has 1 aromatic carbocycles. The molecule has 1 fully saturated rings. The van der Waals surface area contributed by atoms with Crippen molar-refractivity contribution in [1.82, 2.24) is 20.1 Å². The van der Waals surface area contributed by atoms with Crippen LogP contribution < -0.4 is 4.90 Å². The van der Waals surface area contributed by atoms with Crippen LogP contribution in [-0.4, -0.2) is 69.3 Å². The van der Waals surface area contributed by atoms with Gasteiger partial charge in [0.05, 0.1) is 4.92 Å². The number of likely N-dealkylation sites (N-methyl/N-ethyl adjacent to an activating group) is 1. The molecule has 0 amide bonds. The zero-order valence-electron chi connectivity index (χ0n) is 15.5. The van der Waals surface area contributed by atoms with E-state index >= 15 is 0 Å². The second-order valence-corrected chi connectivity index (χ2v) is 7.42. The first-order valence-electron chi connectivity index (χ1n) is 8.57. The summed E-state index contributed by atoms with van der Waals surface area (Å²) in [7, 11) is 2.01. The molecule has 1 saturated heterocycles. The minimum atomic E-state index is -1.15. The van der Waals surface area contributed by atoms with Crippen LogP contribution >= 0.6 is 11.8 Å². The zero-order chi connectivity index (χ0) is 20.3. The summed E-state index contributed by atoms with van der Waals surface area (Å²) >= 11 is 0.882. The van der Waals surface area contributed by atoms with Crippen LogP contribution in [0.15, 0.2) is 28.3 Å². The van der Waals surface area contributed by atoms with Gasteiger partial charge in [0, 0.05) is 32.2 Å². The monoisotopic (exact) mass is 404 g/mol. The number of nitrogens with zero attached hydrogens (tertiary/aromatic N) is 5. The maximum Gasteiger partial charge on any atom is 0.342 e. The first kappa shape index (κ1) is 19.8. The van der Waals surface area contributed by atoms with Crippen molar-refractivity contribution in [1.29, 1.82) is 0 Å². The Hall–Kier alpha value is -2.92. The average molecular weight is 404 g/mol. The molecule has 148 valence electrons. The van der Waals surface area contributed by atoms with Crippen LogP contribution in [0, 0.1) is 17.0 Å². The highest BCUT2D eigenvalue weighted by molar-refractivity contribution is 8.04. The predicted molar refractivity (Wildman–Crippen MR) is 105 cm³/mol. The summed E-state index contributed by atoms with van der Waals surface area (Å²) in [5, 5.41) is 27.9. The van der Waals surface area contributed by atoms with Crippen LogP contribution in [0.25, 0.3) is 6.08 Å². The molecule has 1 aromatic heterocycles. The van der Waals surface area contributed by atoms with Gasteiger partial charge in [0.15, 0.2) is 0 Å². The molecular formula is C17H20N6O4S. The lowest BCUT2D eigenvalue weighted by molar-refractivity contribution is -0.384. The molecule has 2 N–H and O–H groups in total. The van der Waals surface area contributed by atoms with Crippen molar-refractivity contribution in [3.63, 3.8) is 0 Å². The third-order valence-corrected chi connectivity index (χ3v) is 5.20. The van der Waals surface area contributed by atoms with Crippen LogP contribution in [0.3, 0.4) is 0 Å². The summed E-state index contributed by atoms with van der Waals surface area (Å²) in [5.74, 6) is -0.586. The molecule has 3 rings (SSSR count). The van der Waals surface area contributed by atoms with Crippen LogP contribution in [0.1, 0.15) is 11.4 Å². The molecule has 2 heterocycles. The number of nitro groups is 1. The lowest BCUT2D eigenvalue weighted by Gasteiger charge is -2.33. The molecular weight excluding hydrogens is 384 g/mol. The summed E-state index contributed by atoms with van der Waals surface area (Å²) < 4.78 is 0. The van der Waals surface area contributed by atoms with E-state index in [2.05, 4.69) is 20.1 Å². The minimum Gasteiger partial charge on any atom is -0.477 e. The summed E-state index contributed by atoms with van der Waals surface area (Å²) in [6.45, 7) is 4.77. The van der Waals surface area contributed by atoms with Crippen LogP contribution in [0.2, 0.25) is 0 Å². The molecule has 0 spiro atoms. The number of nitrogens with one attached hydrogen (secondary N) is 1. The molecule has 0 atom stereocenters. The van der Waals surface area contributed by atoms with Gasteiger partial charge in [-0.25, -0.2) is 9.78 Å². The highest BCUT2D eigenvalue weighted by Gasteiger charge is 2.23. The summed E-state index contributed by atoms with van der Waals surface area (Å²) in [5.41, 5.74) is 0.938. The fourth-order valence-electron chi connectivity index (χ4n) is 2.84. The van der Waals surface area contributed by atoms with Gasteiger partial charge in [-0.1, -0.05) is 6.07 Å². The smallest absolute Gasteiger partial charge is 0.342 e. The van der Waals surface area contributed by atoms with Crippen molar-refractivity contribution in [3.8, 4) is 0 Å². The number of hydrogen-bond donors (Lipinski definition) is 2. The summed E-state index contributed by atoms with van der Waals surface area (Å²) in [4.78, 5) is 30.9. The van der Waals surface area contributed by atoms with Gasteiger partial charge in [0.25, 0.3) is 5.69 Å². The van der Waals surface area contributed by atoms with Crippen LogP contribution in [-0.2, 0) is 4.79 Å². The second kappa shape index (κ2) is 8.40. The average Bonchev–Trinajstić information content (AvgIpc) is 3.06. The molecule has 0 bridgehead atoms. The number of aromatic nitrogens is 3. The standard InChI is InChI=1S/C17H20N6O4S/c1-11-18-17(20-19-11)28-15(16(24)25)10-12-3-4-13(14(9-12)23(26)27)22-7-5-21(2)6-8-22/h3-4,9-10H,5-8H2,1-2H3,(H,24,25)(H,18,19,20)/b15-10+. The second-order valence-electron chi connectivity index (χ2n) is 6.41. The lowest BCUT2D eigenvalue weighted by Crippen LogP contribution is -2.44. The number of rotatable bonds is 6. The number of carboxylic acids is 1. The number of aliphatic carboxylic acids is 1. The van der Waals surface area contributed by atoms with E-state index in [1.807, 2.05) is 11.9 Å². The van der Waals surface area contributed by atoms with E-state index < -0.39 is 10.9 Å². The van der Waals surface area contributed by atoms with Gasteiger partial charge < -0.3 is 14.9 Å². The molecule has 1 aliphatic rings. The fraction of sp³-hybridized carbons (Fsp3) is 0.353. The highest BCUT2D eigenvalue weighted by atomic mass is 32.2. The number of hydrogen-bond acceptors (Lipinski definition) is 8. The largest absolute Gasteiger partial charge is 0.477 e. The number of piperazine rings is 1. The van der Waals surface area contributed by atoms with Crippen LogP contribution in [0.4, 0.5) is 11.4 Å². The van der Waals surface area contributed by atoms with Crippen molar-refractivity contribution >= 4 is 35.2 Å². The van der Waals surface area contributed by atoms with Gasteiger partial charge in [-0.05, 0) is 43.4 Å². The SMILES string of the molecule is Cc1nc(S/C(=C/c2ccc(N3CCN(C)CC3)c([N+](=O)[O-])c2)C(=O)O)n[nH]1. The lowest BCUT2D eigenvalue weighted by atomic mass is 10.1. The number of carboxylic acid groups (broad SMARTS) is 1. The third-order valence-electron chi connectivity index (χ3n) is 4.33. The van der Waals surface area contributed by atoms with E-state index in [9.17, 15) is 20.0 Å². The van der Waals surface area contributed by atoms with Crippen molar-refractivity contribution in [2.24, 2.45) is 0 Å². The molecule has 0 aliphatic carbocycles. The van der Waals surface area contributed by atoms with E-state index in [1.54, 1.807) is 19.1 Å². The molecule has 2 aromatic rings. The van der Waals surface area contributed by atoms with Crippen LogP contribution in [0.5, 0.6) is 0 Å². The van der Waals surface area contributed by atoms with E-state index in [1.165, 1.54) is 12.1 Å². The number of H-pyrrole nitrogens is 1. The normalized spacial score (nSPS) is 15.6. The Morgan fingerprint density at radius 3 is 2.64 bits per heavy atom. The number of aryl methyl sites for hydroxylation is 1. The molecule has 1 aliphatic heterocycles. The molecule has 11 heteroatoms. The first-order valence-corrected chi connectivity index (χ1v) is 9.39. The fourth-order valence-corrected chi connectivity index (χ4v) is 3.60. The zero-order valence-corrected chi connectivity index (χ0v) is 16.3. The number of aromatic amines is 1. The van der Waals surface area contributed by atoms with E-state index in [-0.39, 0.29) is 15.7 Å². The van der Waals surface area contributed by atoms with Crippen molar-refractivity contribution < 1.29 is 14.8 Å². The van der Waals surface area contributed by atoms with E-state index in [4.69, 9.17) is 0 Å². The highest BCUT2D eigenvalue weighted by Crippen LogP contribution is 2.32. The van der Waals surface area contributed by atoms with Crippen molar-refractivity contribution in [2.45, 2.75) is 12.1 Å². The number of anilines is 1. The maximum atomic E-state index is 11.6. The Bertz CT molecular complexity index is 920. The topological polar surface area (TPSA) is 128 Å². The Kier molecular flexibility index (Phi) is 5.95. The van der Waals surface area contributed by atoms with Gasteiger partial charge in [-0.2, -0.15) is 0 Å². The Labute approximate surface area is 165 Å².